The second-order valence-corrected chi connectivity index (χ2v) is 9.26. The van der Waals surface area contributed by atoms with Gasteiger partial charge in [0.25, 0.3) is 5.56 Å². The largest absolute Gasteiger partial charge is 0.494 e. The summed E-state index contributed by atoms with van der Waals surface area (Å²) in [5, 5.41) is 4.45. The molecular weight excluding hydrogens is 446 g/mol. The van der Waals surface area contributed by atoms with Crippen molar-refractivity contribution in [3.05, 3.63) is 69.0 Å². The van der Waals surface area contributed by atoms with Crippen LogP contribution in [0.4, 0.5) is 0 Å². The van der Waals surface area contributed by atoms with Crippen LogP contribution in [-0.2, 0) is 0 Å². The van der Waals surface area contributed by atoms with Gasteiger partial charge in [0.15, 0.2) is 5.82 Å². The van der Waals surface area contributed by atoms with E-state index in [1.54, 1.807) is 0 Å². The minimum Gasteiger partial charge on any atom is -0.494 e. The molecule has 178 valence electrons. The second-order valence-electron chi connectivity index (χ2n) is 8.25. The number of thiazole rings is 1. The fourth-order valence-corrected chi connectivity index (χ4v) is 4.43. The number of rotatable bonds is 12. The third-order valence-electron chi connectivity index (χ3n) is 5.51. The lowest BCUT2D eigenvalue weighted by Gasteiger charge is -2.06. The van der Waals surface area contributed by atoms with Crippen molar-refractivity contribution < 1.29 is 9.47 Å². The average molecular weight is 478 g/mol. The van der Waals surface area contributed by atoms with Gasteiger partial charge in [-0.3, -0.25) is 4.79 Å². The highest BCUT2D eigenvalue weighted by Gasteiger charge is 2.12. The van der Waals surface area contributed by atoms with Crippen LogP contribution in [0.2, 0.25) is 0 Å². The van der Waals surface area contributed by atoms with Gasteiger partial charge in [0, 0.05) is 5.56 Å². The van der Waals surface area contributed by atoms with E-state index in [9.17, 15) is 4.79 Å². The van der Waals surface area contributed by atoms with Gasteiger partial charge < -0.3 is 9.47 Å². The molecule has 7 heteroatoms. The molecule has 0 N–H and O–H groups in total. The molecule has 0 saturated carbocycles. The minimum atomic E-state index is -0.158. The Morgan fingerprint density at radius 2 is 1.50 bits per heavy atom. The number of hydrogen-bond acceptors (Lipinski definition) is 6. The van der Waals surface area contributed by atoms with Crippen molar-refractivity contribution in [3.63, 3.8) is 0 Å². The summed E-state index contributed by atoms with van der Waals surface area (Å²) in [6.45, 7) is 5.78. The lowest BCUT2D eigenvalue weighted by Crippen LogP contribution is -2.23. The van der Waals surface area contributed by atoms with Crippen LogP contribution in [-0.4, -0.2) is 27.8 Å². The number of aromatic nitrogens is 3. The fraction of sp³-hybridized carbons (Fsp3) is 0.370. The molecule has 34 heavy (non-hydrogen) atoms. The first-order valence-corrected chi connectivity index (χ1v) is 12.9. The summed E-state index contributed by atoms with van der Waals surface area (Å²) in [7, 11) is 0. The molecular formula is C27H31N3O3S. The van der Waals surface area contributed by atoms with Crippen LogP contribution in [0.15, 0.2) is 53.3 Å². The molecule has 6 nitrogen and oxygen atoms in total. The van der Waals surface area contributed by atoms with Gasteiger partial charge >= 0.3 is 0 Å². The van der Waals surface area contributed by atoms with Crippen LogP contribution in [0, 0.1) is 0 Å². The van der Waals surface area contributed by atoms with Gasteiger partial charge in [0.1, 0.15) is 11.5 Å². The zero-order chi connectivity index (χ0) is 23.8. The van der Waals surface area contributed by atoms with Crippen LogP contribution >= 0.6 is 11.3 Å². The van der Waals surface area contributed by atoms with E-state index in [-0.39, 0.29) is 5.56 Å². The molecule has 2 heterocycles. The zero-order valence-electron chi connectivity index (χ0n) is 19.8. The SMILES string of the molecule is CCCCCCOc1ccc(-c2nc3s/c(=C\c4ccc(OCCCC)cc4)c(=O)n3n2)cc1. The predicted octanol–water partition coefficient (Wildman–Crippen LogP) is 5.50. The van der Waals surface area contributed by atoms with Crippen LogP contribution < -0.4 is 19.6 Å². The molecule has 0 saturated heterocycles. The van der Waals surface area contributed by atoms with E-state index in [0.29, 0.717) is 15.3 Å². The Hall–Kier alpha value is -3.19. The van der Waals surface area contributed by atoms with Crippen LogP contribution in [0.5, 0.6) is 11.5 Å². The summed E-state index contributed by atoms with van der Waals surface area (Å²) < 4.78 is 13.5. The molecule has 2 aromatic carbocycles. The number of hydrogen-bond donors (Lipinski definition) is 0. The van der Waals surface area contributed by atoms with E-state index in [1.165, 1.54) is 35.1 Å². The molecule has 4 aromatic rings. The summed E-state index contributed by atoms with van der Waals surface area (Å²) in [5.41, 5.74) is 1.64. The molecule has 0 amide bonds. The average Bonchev–Trinajstić information content (AvgIpc) is 3.40. The molecule has 0 aliphatic heterocycles. The molecule has 0 atom stereocenters. The highest BCUT2D eigenvalue weighted by Crippen LogP contribution is 2.21. The quantitative estimate of drug-likeness (QED) is 0.252. The van der Waals surface area contributed by atoms with Crippen molar-refractivity contribution in [2.75, 3.05) is 13.2 Å². The molecule has 0 aliphatic rings. The van der Waals surface area contributed by atoms with Crippen molar-refractivity contribution in [2.45, 2.75) is 52.4 Å². The normalized spacial score (nSPS) is 11.9. The Labute approximate surface area is 203 Å². The maximum Gasteiger partial charge on any atom is 0.291 e. The first-order valence-electron chi connectivity index (χ1n) is 12.1. The van der Waals surface area contributed by atoms with E-state index >= 15 is 0 Å². The van der Waals surface area contributed by atoms with Gasteiger partial charge in [-0.1, -0.05) is 63.0 Å². The third-order valence-corrected chi connectivity index (χ3v) is 6.46. The van der Waals surface area contributed by atoms with Gasteiger partial charge in [0.2, 0.25) is 4.96 Å². The van der Waals surface area contributed by atoms with Crippen molar-refractivity contribution >= 4 is 22.4 Å². The van der Waals surface area contributed by atoms with E-state index in [2.05, 4.69) is 23.9 Å². The van der Waals surface area contributed by atoms with Crippen molar-refractivity contribution in [1.82, 2.24) is 14.6 Å². The van der Waals surface area contributed by atoms with Crippen LogP contribution in [0.1, 0.15) is 57.9 Å². The first-order chi connectivity index (χ1) is 16.7. The van der Waals surface area contributed by atoms with Gasteiger partial charge in [-0.15, -0.1) is 5.10 Å². The standard InChI is InChI=1S/C27H31N3O3S/c1-3-5-7-8-18-33-23-15-11-21(12-16-23)25-28-27-30(29-25)26(31)24(34-27)19-20-9-13-22(14-10-20)32-17-6-4-2/h9-16,19H,3-8,17-18H2,1-2H3/b24-19-. The molecule has 0 bridgehead atoms. The summed E-state index contributed by atoms with van der Waals surface area (Å²) in [4.78, 5) is 18.0. The lowest BCUT2D eigenvalue weighted by atomic mass is 10.2. The van der Waals surface area contributed by atoms with E-state index in [4.69, 9.17) is 9.47 Å². The fourth-order valence-electron chi connectivity index (χ4n) is 3.52. The van der Waals surface area contributed by atoms with E-state index in [0.717, 1.165) is 55.1 Å². The molecule has 0 aliphatic carbocycles. The van der Waals surface area contributed by atoms with Crippen LogP contribution in [0.25, 0.3) is 22.4 Å². The van der Waals surface area contributed by atoms with Crippen molar-refractivity contribution in [3.8, 4) is 22.9 Å². The number of fused-ring (bicyclic) bond motifs is 1. The summed E-state index contributed by atoms with van der Waals surface area (Å²) in [6, 6.07) is 15.5. The number of unbranched alkanes of at least 4 members (excludes halogenated alkanes) is 4. The molecule has 4 rings (SSSR count). The van der Waals surface area contributed by atoms with E-state index in [1.807, 2.05) is 54.6 Å². The van der Waals surface area contributed by atoms with Gasteiger partial charge in [-0.2, -0.15) is 9.50 Å². The maximum absolute atomic E-state index is 12.9. The third kappa shape index (κ3) is 6.03. The minimum absolute atomic E-state index is 0.158. The Morgan fingerprint density at radius 3 is 2.15 bits per heavy atom. The number of ether oxygens (including phenoxy) is 2. The highest BCUT2D eigenvalue weighted by atomic mass is 32.1. The Bertz CT molecular complexity index is 1290. The molecule has 0 spiro atoms. The molecule has 0 radical (unpaired) electrons. The summed E-state index contributed by atoms with van der Waals surface area (Å²) in [5.74, 6) is 2.22. The zero-order valence-corrected chi connectivity index (χ0v) is 20.6. The highest BCUT2D eigenvalue weighted by molar-refractivity contribution is 7.15. The Balaban J connectivity index is 1.44. The molecule has 0 fully saturated rings. The predicted molar refractivity (Wildman–Crippen MR) is 138 cm³/mol. The summed E-state index contributed by atoms with van der Waals surface area (Å²) in [6.07, 6.45) is 8.73. The molecule has 2 aromatic heterocycles. The van der Waals surface area contributed by atoms with Crippen LogP contribution in [0.3, 0.4) is 0 Å². The number of benzene rings is 2. The summed E-state index contributed by atoms with van der Waals surface area (Å²) >= 11 is 1.34. The Kier molecular flexibility index (Phi) is 8.31. The van der Waals surface area contributed by atoms with Crippen molar-refractivity contribution in [2.24, 2.45) is 0 Å². The number of nitrogens with zero attached hydrogens (tertiary/aromatic N) is 3. The second kappa shape index (κ2) is 11.8. The monoisotopic (exact) mass is 477 g/mol. The van der Waals surface area contributed by atoms with Gasteiger partial charge in [-0.25, -0.2) is 0 Å². The smallest absolute Gasteiger partial charge is 0.291 e. The topological polar surface area (TPSA) is 65.7 Å². The lowest BCUT2D eigenvalue weighted by molar-refractivity contribution is 0.305. The van der Waals surface area contributed by atoms with E-state index < -0.39 is 0 Å². The Morgan fingerprint density at radius 1 is 0.853 bits per heavy atom. The molecule has 0 unspecified atom stereocenters. The van der Waals surface area contributed by atoms with Gasteiger partial charge in [0.05, 0.1) is 17.7 Å². The first kappa shape index (κ1) is 24.0. The van der Waals surface area contributed by atoms with Crippen molar-refractivity contribution in [1.29, 1.82) is 0 Å². The van der Waals surface area contributed by atoms with Gasteiger partial charge in [-0.05, 0) is 60.9 Å². The maximum atomic E-state index is 12.9.